The van der Waals surface area contributed by atoms with Gasteiger partial charge in [0, 0.05) is 27.1 Å². The molecule has 1 amide bonds. The lowest BCUT2D eigenvalue weighted by Gasteiger charge is -2.19. The van der Waals surface area contributed by atoms with Gasteiger partial charge < -0.3 is 5.32 Å². The van der Waals surface area contributed by atoms with E-state index >= 15 is 0 Å². The van der Waals surface area contributed by atoms with Crippen molar-refractivity contribution in [3.8, 4) is 6.07 Å². The Labute approximate surface area is 96.3 Å². The van der Waals surface area contributed by atoms with Crippen LogP contribution in [0.2, 0.25) is 0 Å². The molecule has 0 bridgehead atoms. The van der Waals surface area contributed by atoms with Crippen LogP contribution in [0.5, 0.6) is 0 Å². The second kappa shape index (κ2) is 6.45. The van der Waals surface area contributed by atoms with Crippen molar-refractivity contribution in [2.24, 2.45) is 0 Å². The Morgan fingerprint density at radius 2 is 2.12 bits per heavy atom. The molecule has 0 aliphatic heterocycles. The lowest BCUT2D eigenvalue weighted by Crippen LogP contribution is -2.37. The van der Waals surface area contributed by atoms with Crippen molar-refractivity contribution in [1.29, 1.82) is 5.26 Å². The molecule has 7 heteroatoms. The highest BCUT2D eigenvalue weighted by Gasteiger charge is 2.28. The first kappa shape index (κ1) is 14.9. The van der Waals surface area contributed by atoms with Crippen molar-refractivity contribution in [3.63, 3.8) is 0 Å². The average Bonchev–Trinajstić information content (AvgIpc) is 2.26. The second-order valence-corrected chi connectivity index (χ2v) is 5.54. The fourth-order valence-corrected chi connectivity index (χ4v) is 2.43. The number of nitrogens with zero attached hydrogens (tertiary/aromatic N) is 2. The van der Waals surface area contributed by atoms with Crippen LogP contribution in [0.3, 0.4) is 0 Å². The molecule has 0 fully saturated rings. The van der Waals surface area contributed by atoms with Gasteiger partial charge in [-0.3, -0.25) is 4.79 Å². The fourth-order valence-electron chi connectivity index (χ4n) is 1.10. The first-order valence-electron chi connectivity index (χ1n) is 4.95. The van der Waals surface area contributed by atoms with E-state index in [-0.39, 0.29) is 25.3 Å². The zero-order valence-electron chi connectivity index (χ0n) is 9.73. The van der Waals surface area contributed by atoms with Gasteiger partial charge in [-0.15, -0.1) is 0 Å². The van der Waals surface area contributed by atoms with Crippen molar-refractivity contribution in [2.45, 2.75) is 25.0 Å². The minimum Gasteiger partial charge on any atom is -0.359 e. The zero-order valence-corrected chi connectivity index (χ0v) is 10.5. The molecule has 0 aliphatic rings. The van der Waals surface area contributed by atoms with E-state index in [0.29, 0.717) is 0 Å². The van der Waals surface area contributed by atoms with E-state index < -0.39 is 15.3 Å². The molecular formula is C9H17N3O3S. The second-order valence-electron chi connectivity index (χ2n) is 3.32. The maximum absolute atomic E-state index is 11.8. The summed E-state index contributed by atoms with van der Waals surface area (Å²) in [6.45, 7) is 1.72. The summed E-state index contributed by atoms with van der Waals surface area (Å²) >= 11 is 0. The molecule has 1 unspecified atom stereocenters. The highest BCUT2D eigenvalue weighted by atomic mass is 32.2. The van der Waals surface area contributed by atoms with Gasteiger partial charge in [-0.2, -0.15) is 5.26 Å². The quantitative estimate of drug-likeness (QED) is 0.697. The van der Waals surface area contributed by atoms with E-state index in [1.165, 1.54) is 14.1 Å². The van der Waals surface area contributed by atoms with Crippen LogP contribution in [0.1, 0.15) is 19.8 Å². The van der Waals surface area contributed by atoms with Crippen molar-refractivity contribution in [3.05, 3.63) is 0 Å². The largest absolute Gasteiger partial charge is 0.359 e. The van der Waals surface area contributed by atoms with Gasteiger partial charge in [-0.25, -0.2) is 12.7 Å². The fraction of sp³-hybridized carbons (Fsp3) is 0.778. The van der Waals surface area contributed by atoms with Crippen molar-refractivity contribution in [2.75, 3.05) is 20.6 Å². The molecule has 0 aliphatic carbocycles. The van der Waals surface area contributed by atoms with Gasteiger partial charge in [0.2, 0.25) is 15.9 Å². The highest BCUT2D eigenvalue weighted by molar-refractivity contribution is 7.89. The molecule has 92 valence electrons. The van der Waals surface area contributed by atoms with E-state index in [2.05, 4.69) is 5.32 Å². The van der Waals surface area contributed by atoms with Gasteiger partial charge >= 0.3 is 0 Å². The number of sulfonamides is 1. The molecule has 0 saturated heterocycles. The zero-order chi connectivity index (χ0) is 12.8. The predicted octanol–water partition coefficient (Wildman–Crippen LogP) is -0.314. The van der Waals surface area contributed by atoms with Crippen molar-refractivity contribution >= 4 is 15.9 Å². The molecule has 0 aromatic heterocycles. The van der Waals surface area contributed by atoms with Gasteiger partial charge in [0.05, 0.1) is 6.07 Å². The first-order chi connectivity index (χ1) is 7.39. The van der Waals surface area contributed by atoms with E-state index in [0.717, 1.165) is 4.31 Å². The van der Waals surface area contributed by atoms with Crippen LogP contribution in [-0.4, -0.2) is 44.5 Å². The summed E-state index contributed by atoms with van der Waals surface area (Å²) in [6.07, 6.45) is 0.331. The minimum atomic E-state index is -3.61. The van der Waals surface area contributed by atoms with Crippen LogP contribution in [0, 0.1) is 11.3 Å². The molecule has 0 heterocycles. The SMILES string of the molecule is CCC(C#N)S(=O)(=O)N(C)CCC(=O)NC. The average molecular weight is 247 g/mol. The van der Waals surface area contributed by atoms with Crippen LogP contribution in [0.15, 0.2) is 0 Å². The van der Waals surface area contributed by atoms with E-state index in [4.69, 9.17) is 5.26 Å². The molecule has 0 saturated carbocycles. The lowest BCUT2D eigenvalue weighted by molar-refractivity contribution is -0.120. The normalized spacial score (nSPS) is 13.2. The van der Waals surface area contributed by atoms with Crippen molar-refractivity contribution in [1.82, 2.24) is 9.62 Å². The number of hydrogen-bond donors (Lipinski definition) is 1. The Balaban J connectivity index is 4.54. The Bertz CT molecular complexity index is 372. The number of carbonyl (C=O) groups is 1. The number of hydrogen-bond acceptors (Lipinski definition) is 4. The molecule has 16 heavy (non-hydrogen) atoms. The lowest BCUT2D eigenvalue weighted by atomic mass is 10.4. The van der Waals surface area contributed by atoms with Crippen LogP contribution >= 0.6 is 0 Å². The number of nitriles is 1. The molecule has 0 aromatic carbocycles. The molecule has 6 nitrogen and oxygen atoms in total. The number of amides is 1. The molecule has 0 aromatic rings. The number of rotatable bonds is 6. The minimum absolute atomic E-state index is 0.0835. The third kappa shape index (κ3) is 3.79. The Morgan fingerprint density at radius 3 is 2.50 bits per heavy atom. The molecule has 0 rings (SSSR count). The summed E-state index contributed by atoms with van der Waals surface area (Å²) in [5.74, 6) is -0.230. The van der Waals surface area contributed by atoms with Crippen LogP contribution < -0.4 is 5.32 Å². The first-order valence-corrected chi connectivity index (χ1v) is 6.45. The number of carbonyl (C=O) groups excluding carboxylic acids is 1. The monoisotopic (exact) mass is 247 g/mol. The van der Waals surface area contributed by atoms with E-state index in [1.54, 1.807) is 13.0 Å². The summed E-state index contributed by atoms with van der Waals surface area (Å²) in [5, 5.41) is 10.1. The molecular weight excluding hydrogens is 230 g/mol. The Kier molecular flexibility index (Phi) is 6.00. The predicted molar refractivity (Wildman–Crippen MR) is 59.9 cm³/mol. The topological polar surface area (TPSA) is 90.3 Å². The molecule has 1 atom stereocenters. The maximum Gasteiger partial charge on any atom is 0.230 e. The van der Waals surface area contributed by atoms with Gasteiger partial charge in [0.15, 0.2) is 5.25 Å². The van der Waals surface area contributed by atoms with Gasteiger partial charge in [-0.1, -0.05) is 6.92 Å². The van der Waals surface area contributed by atoms with Crippen LogP contribution in [0.4, 0.5) is 0 Å². The van der Waals surface area contributed by atoms with Crippen LogP contribution in [0.25, 0.3) is 0 Å². The third-order valence-electron chi connectivity index (χ3n) is 2.24. The van der Waals surface area contributed by atoms with Crippen molar-refractivity contribution < 1.29 is 13.2 Å². The Hall–Kier alpha value is -1.13. The standard InChI is InChI=1S/C9H17N3O3S/c1-4-8(7-10)16(14,15)12(3)6-5-9(13)11-2/h8H,4-6H2,1-3H3,(H,11,13). The highest BCUT2D eigenvalue weighted by Crippen LogP contribution is 2.10. The third-order valence-corrected chi connectivity index (χ3v) is 4.45. The maximum atomic E-state index is 11.8. The molecule has 1 N–H and O–H groups in total. The summed E-state index contributed by atoms with van der Waals surface area (Å²) < 4.78 is 24.6. The van der Waals surface area contributed by atoms with Gasteiger partial charge in [-0.05, 0) is 6.42 Å². The Morgan fingerprint density at radius 1 is 1.56 bits per heavy atom. The smallest absolute Gasteiger partial charge is 0.230 e. The molecule has 0 spiro atoms. The summed E-state index contributed by atoms with van der Waals surface area (Å²) in [6, 6.07) is 1.74. The van der Waals surface area contributed by atoms with Gasteiger partial charge in [0.25, 0.3) is 0 Å². The van der Waals surface area contributed by atoms with E-state index in [9.17, 15) is 13.2 Å². The summed E-state index contributed by atoms with van der Waals surface area (Å²) in [4.78, 5) is 11.0. The van der Waals surface area contributed by atoms with Crippen LogP contribution in [-0.2, 0) is 14.8 Å². The summed E-state index contributed by atoms with van der Waals surface area (Å²) in [7, 11) is -0.753. The van der Waals surface area contributed by atoms with E-state index in [1.807, 2.05) is 0 Å². The molecule has 0 radical (unpaired) electrons. The number of nitrogens with one attached hydrogen (secondary N) is 1. The summed E-state index contributed by atoms with van der Waals surface area (Å²) in [5.41, 5.74) is 0. The van der Waals surface area contributed by atoms with Gasteiger partial charge in [0.1, 0.15) is 0 Å².